The van der Waals surface area contributed by atoms with E-state index in [0.717, 1.165) is 25.0 Å². The van der Waals surface area contributed by atoms with Crippen molar-refractivity contribution in [1.29, 1.82) is 0 Å². The summed E-state index contributed by atoms with van der Waals surface area (Å²) in [5.41, 5.74) is 7.57. The van der Waals surface area contributed by atoms with E-state index in [1.165, 1.54) is 18.1 Å². The van der Waals surface area contributed by atoms with Gasteiger partial charge in [0.25, 0.3) is 0 Å². The number of benzene rings is 3. The summed E-state index contributed by atoms with van der Waals surface area (Å²) in [5, 5.41) is 12.0. The van der Waals surface area contributed by atoms with Crippen LogP contribution in [0.2, 0.25) is 0 Å². The number of nitrogens with two attached hydrogens (primary N) is 1. The monoisotopic (exact) mass is 418 g/mol. The van der Waals surface area contributed by atoms with E-state index in [9.17, 15) is 9.90 Å². The van der Waals surface area contributed by atoms with Crippen LogP contribution in [-0.2, 0) is 17.6 Å². The van der Waals surface area contributed by atoms with Gasteiger partial charge in [-0.25, -0.2) is 0 Å². The third-order valence-corrected chi connectivity index (χ3v) is 5.17. The molecule has 0 aliphatic rings. The zero-order valence-electron chi connectivity index (χ0n) is 17.8. The van der Waals surface area contributed by atoms with E-state index >= 15 is 0 Å². The largest absolute Gasteiger partial charge is 0.490 e. The van der Waals surface area contributed by atoms with Gasteiger partial charge in [-0.05, 0) is 55.2 Å². The molecule has 31 heavy (non-hydrogen) atoms. The fourth-order valence-corrected chi connectivity index (χ4v) is 3.21. The van der Waals surface area contributed by atoms with Crippen LogP contribution >= 0.6 is 0 Å². The highest BCUT2D eigenvalue weighted by molar-refractivity contribution is 5.97. The van der Waals surface area contributed by atoms with Crippen molar-refractivity contribution in [1.82, 2.24) is 0 Å². The number of nitrogens with one attached hydrogen (secondary N) is 1. The lowest BCUT2D eigenvalue weighted by Gasteiger charge is -2.21. The average molecular weight is 419 g/mol. The molecule has 0 bridgehead atoms. The molecule has 1 amide bonds. The minimum atomic E-state index is -1.33. The normalized spacial score (nSPS) is 13.8. The van der Waals surface area contributed by atoms with Gasteiger partial charge in [-0.3, -0.25) is 4.79 Å². The molecule has 0 saturated heterocycles. The molecule has 0 saturated carbocycles. The van der Waals surface area contributed by atoms with Gasteiger partial charge in [-0.1, -0.05) is 60.7 Å². The lowest BCUT2D eigenvalue weighted by atomic mass is 10.0. The molecular weight excluding hydrogens is 388 g/mol. The maximum absolute atomic E-state index is 12.1. The number of aliphatic hydroxyl groups excluding tert-OH is 1. The van der Waals surface area contributed by atoms with Crippen molar-refractivity contribution in [2.75, 3.05) is 11.9 Å². The van der Waals surface area contributed by atoms with Crippen molar-refractivity contribution in [3.05, 3.63) is 96.1 Å². The van der Waals surface area contributed by atoms with E-state index in [2.05, 4.69) is 41.7 Å². The number of carbonyl (C=O) groups is 1. The Morgan fingerprint density at radius 3 is 2.13 bits per heavy atom. The second-order valence-electron chi connectivity index (χ2n) is 8.01. The summed E-state index contributed by atoms with van der Waals surface area (Å²) in [7, 11) is 0. The first kappa shape index (κ1) is 22.5. The molecule has 3 rings (SSSR count). The van der Waals surface area contributed by atoms with Crippen LogP contribution in [-0.4, -0.2) is 29.3 Å². The molecule has 0 spiro atoms. The zero-order chi connectivity index (χ0) is 22.1. The maximum atomic E-state index is 12.1. The summed E-state index contributed by atoms with van der Waals surface area (Å²) in [6.07, 6.45) is 2.65. The van der Waals surface area contributed by atoms with Gasteiger partial charge >= 0.3 is 0 Å². The Morgan fingerprint density at radius 2 is 1.55 bits per heavy atom. The summed E-state index contributed by atoms with van der Waals surface area (Å²) >= 11 is 0. The van der Waals surface area contributed by atoms with Crippen LogP contribution in [0.4, 0.5) is 5.69 Å². The molecule has 5 nitrogen and oxygen atoms in total. The molecule has 4 N–H and O–H groups in total. The maximum Gasteiger partial charge on any atom is 0.246 e. The van der Waals surface area contributed by atoms with Crippen LogP contribution in [0.5, 0.6) is 5.75 Å². The van der Waals surface area contributed by atoms with Gasteiger partial charge < -0.3 is 20.9 Å². The fraction of sp³-hybridized carbons (Fsp3) is 0.269. The standard InChI is InChI=1S/C26H30N2O3/c1-26(27,19-29)25(30)28-22-13-16-23(17-14-22)31-24(18-21-10-6-3-7-11-21)15-12-20-8-4-2-5-9-20/h2-11,13-14,16-17,24,29H,12,15,18-19,27H2,1H3,(H,28,30)/t24?,26-/m0/s1. The third-order valence-electron chi connectivity index (χ3n) is 5.17. The molecule has 3 aromatic rings. The quantitative estimate of drug-likeness (QED) is 0.465. The van der Waals surface area contributed by atoms with Gasteiger partial charge in [0.05, 0.1) is 6.61 Å². The summed E-state index contributed by atoms with van der Waals surface area (Å²) in [6, 6.07) is 27.9. The highest BCUT2D eigenvalue weighted by Crippen LogP contribution is 2.21. The molecule has 0 fully saturated rings. The van der Waals surface area contributed by atoms with Crippen LogP contribution < -0.4 is 15.8 Å². The second kappa shape index (κ2) is 10.8. The third kappa shape index (κ3) is 6.95. The summed E-state index contributed by atoms with van der Waals surface area (Å²) in [6.45, 7) is 1.06. The Labute approximate surface area is 183 Å². The topological polar surface area (TPSA) is 84.6 Å². The van der Waals surface area contributed by atoms with Crippen LogP contribution in [0.25, 0.3) is 0 Å². The first-order valence-electron chi connectivity index (χ1n) is 10.5. The Bertz CT molecular complexity index is 941. The predicted octanol–water partition coefficient (Wildman–Crippen LogP) is 3.96. The molecule has 1 unspecified atom stereocenters. The number of ether oxygens (including phenoxy) is 1. The Balaban J connectivity index is 1.65. The van der Waals surface area contributed by atoms with Crippen LogP contribution in [0.1, 0.15) is 24.5 Å². The van der Waals surface area contributed by atoms with E-state index in [4.69, 9.17) is 10.5 Å². The Hall–Kier alpha value is -3.15. The van der Waals surface area contributed by atoms with Crippen molar-refractivity contribution in [3.63, 3.8) is 0 Å². The smallest absolute Gasteiger partial charge is 0.246 e. The summed E-state index contributed by atoms with van der Waals surface area (Å²) in [5.74, 6) is 0.304. The van der Waals surface area contributed by atoms with Crippen LogP contribution in [0.3, 0.4) is 0 Å². The minimum Gasteiger partial charge on any atom is -0.490 e. The molecule has 2 atom stereocenters. The number of anilines is 1. The van der Waals surface area contributed by atoms with Crippen molar-refractivity contribution in [2.24, 2.45) is 5.73 Å². The number of aliphatic hydroxyl groups is 1. The summed E-state index contributed by atoms with van der Waals surface area (Å²) < 4.78 is 6.31. The van der Waals surface area contributed by atoms with Crippen LogP contribution in [0.15, 0.2) is 84.9 Å². The van der Waals surface area contributed by atoms with Gasteiger partial charge in [0.1, 0.15) is 17.4 Å². The molecule has 0 aromatic heterocycles. The van der Waals surface area contributed by atoms with Crippen molar-refractivity contribution < 1.29 is 14.6 Å². The summed E-state index contributed by atoms with van der Waals surface area (Å²) in [4.78, 5) is 12.1. The van der Waals surface area contributed by atoms with E-state index < -0.39 is 18.1 Å². The number of carbonyl (C=O) groups excluding carboxylic acids is 1. The number of rotatable bonds is 10. The van der Waals surface area contributed by atoms with Crippen molar-refractivity contribution >= 4 is 11.6 Å². The lowest BCUT2D eigenvalue weighted by Crippen LogP contribution is -2.51. The molecule has 0 heterocycles. The Kier molecular flexibility index (Phi) is 7.82. The average Bonchev–Trinajstić information content (AvgIpc) is 2.80. The number of hydrogen-bond acceptors (Lipinski definition) is 4. The fourth-order valence-electron chi connectivity index (χ4n) is 3.21. The molecule has 0 aliphatic carbocycles. The Morgan fingerprint density at radius 1 is 0.968 bits per heavy atom. The molecule has 0 radical (unpaired) electrons. The minimum absolute atomic E-state index is 0.0183. The first-order valence-corrected chi connectivity index (χ1v) is 10.5. The SMILES string of the molecule is C[C@](N)(CO)C(=O)Nc1ccc(OC(CCc2ccccc2)Cc2ccccc2)cc1. The van der Waals surface area contributed by atoms with Crippen LogP contribution in [0, 0.1) is 0 Å². The molecular formula is C26H30N2O3. The molecule has 3 aromatic carbocycles. The van der Waals surface area contributed by atoms with E-state index in [0.29, 0.717) is 5.69 Å². The van der Waals surface area contributed by atoms with Gasteiger partial charge in [-0.2, -0.15) is 0 Å². The molecule has 0 aliphatic heterocycles. The molecule has 5 heteroatoms. The van der Waals surface area contributed by atoms with Crippen molar-refractivity contribution in [2.45, 2.75) is 37.8 Å². The van der Waals surface area contributed by atoms with E-state index in [1.54, 1.807) is 12.1 Å². The van der Waals surface area contributed by atoms with E-state index in [1.807, 2.05) is 36.4 Å². The zero-order valence-corrected chi connectivity index (χ0v) is 17.8. The van der Waals surface area contributed by atoms with Gasteiger partial charge in [-0.15, -0.1) is 0 Å². The molecule has 162 valence electrons. The second-order valence-corrected chi connectivity index (χ2v) is 8.01. The highest BCUT2D eigenvalue weighted by Gasteiger charge is 2.27. The number of amides is 1. The number of aryl methyl sites for hydroxylation is 1. The highest BCUT2D eigenvalue weighted by atomic mass is 16.5. The number of hydrogen-bond donors (Lipinski definition) is 3. The first-order chi connectivity index (χ1) is 15.0. The predicted molar refractivity (Wildman–Crippen MR) is 124 cm³/mol. The lowest BCUT2D eigenvalue weighted by molar-refractivity contribution is -0.121. The van der Waals surface area contributed by atoms with Crippen molar-refractivity contribution in [3.8, 4) is 5.75 Å². The van der Waals surface area contributed by atoms with Gasteiger partial charge in [0.15, 0.2) is 0 Å². The van der Waals surface area contributed by atoms with Gasteiger partial charge in [0.2, 0.25) is 5.91 Å². The van der Waals surface area contributed by atoms with E-state index in [-0.39, 0.29) is 6.10 Å². The van der Waals surface area contributed by atoms with Gasteiger partial charge in [0, 0.05) is 12.1 Å².